The number of nitrogens with one attached hydrogen (secondary N) is 1. The number of halogens is 3. The number of hydrogen-bond donors (Lipinski definition) is 2. The van der Waals surface area contributed by atoms with Crippen molar-refractivity contribution < 1.29 is 27.8 Å². The first-order valence-corrected chi connectivity index (χ1v) is 11.0. The van der Waals surface area contributed by atoms with E-state index in [0.29, 0.717) is 12.0 Å². The molecule has 0 bridgehead atoms. The lowest BCUT2D eigenvalue weighted by Crippen LogP contribution is -2.34. The summed E-state index contributed by atoms with van der Waals surface area (Å²) < 4.78 is 55.8. The fourth-order valence-electron chi connectivity index (χ4n) is 4.28. The molecule has 2 N–H and O–H groups in total. The fourth-order valence-corrected chi connectivity index (χ4v) is 4.28. The van der Waals surface area contributed by atoms with Crippen LogP contribution in [-0.4, -0.2) is 40.0 Å². The molecule has 3 aromatic carbocycles. The van der Waals surface area contributed by atoms with Crippen molar-refractivity contribution >= 4 is 11.0 Å². The number of aromatic amines is 1. The highest BCUT2D eigenvalue weighted by molar-refractivity contribution is 5.84. The molecule has 0 saturated carbocycles. The highest BCUT2D eigenvalue weighted by Crippen LogP contribution is 2.34. The van der Waals surface area contributed by atoms with Gasteiger partial charge < -0.3 is 19.6 Å². The minimum Gasteiger partial charge on any atom is -0.456 e. The van der Waals surface area contributed by atoms with E-state index in [1.807, 2.05) is 13.0 Å². The summed E-state index contributed by atoms with van der Waals surface area (Å²) in [6, 6.07) is 13.1. The number of ether oxygens (including phenoxy) is 2. The standard InChI is InChI=1S/C26H20F3N3O3/c1-2-20-25(33)21(12-34-20)35-26-31-19-10-18(28)22(23(29)24(19)32-26)15-6-4-14(5-7-15)16-8-3-13(11-30)9-17(16)27/h3-10,20-21,25,33H,2,12H2,1H3,(H,31,32)/t20-,21-,25-/m1/s1. The Morgan fingerprint density at radius 3 is 2.51 bits per heavy atom. The van der Waals surface area contributed by atoms with Crippen LogP contribution < -0.4 is 4.74 Å². The molecule has 5 rings (SSSR count). The Kier molecular flexibility index (Phi) is 5.93. The van der Waals surface area contributed by atoms with Crippen LogP contribution in [0.1, 0.15) is 18.9 Å². The average molecular weight is 479 g/mol. The van der Waals surface area contributed by atoms with Crippen LogP contribution >= 0.6 is 0 Å². The van der Waals surface area contributed by atoms with E-state index in [-0.39, 0.29) is 52.0 Å². The molecule has 3 atom stereocenters. The molecule has 2 heterocycles. The van der Waals surface area contributed by atoms with Gasteiger partial charge in [0, 0.05) is 11.6 Å². The average Bonchev–Trinajstić information content (AvgIpc) is 3.42. The van der Waals surface area contributed by atoms with Gasteiger partial charge in [0.2, 0.25) is 0 Å². The van der Waals surface area contributed by atoms with E-state index in [9.17, 15) is 13.9 Å². The molecule has 1 aliphatic rings. The third-order valence-electron chi connectivity index (χ3n) is 6.13. The monoisotopic (exact) mass is 479 g/mol. The number of aromatic nitrogens is 2. The van der Waals surface area contributed by atoms with Gasteiger partial charge in [0.1, 0.15) is 23.3 Å². The number of aliphatic hydroxyl groups excluding tert-OH is 1. The first-order valence-electron chi connectivity index (χ1n) is 11.0. The lowest BCUT2D eigenvalue weighted by atomic mass is 9.98. The molecule has 0 unspecified atom stereocenters. The summed E-state index contributed by atoms with van der Waals surface area (Å²) in [5.41, 5.74) is 0.922. The largest absolute Gasteiger partial charge is 0.456 e. The summed E-state index contributed by atoms with van der Waals surface area (Å²) in [5.74, 6) is -2.25. The number of H-pyrrole nitrogens is 1. The van der Waals surface area contributed by atoms with Crippen LogP contribution in [0, 0.1) is 28.8 Å². The molecule has 0 spiro atoms. The van der Waals surface area contributed by atoms with Crippen molar-refractivity contribution in [3.05, 3.63) is 71.5 Å². The molecule has 9 heteroatoms. The molecule has 0 radical (unpaired) electrons. The minimum absolute atomic E-state index is 0.0495. The number of nitrogens with zero attached hydrogens (tertiary/aromatic N) is 2. The molecule has 35 heavy (non-hydrogen) atoms. The van der Waals surface area contributed by atoms with Crippen LogP contribution in [0.25, 0.3) is 33.3 Å². The molecule has 4 aromatic rings. The molecule has 1 aliphatic heterocycles. The summed E-state index contributed by atoms with van der Waals surface area (Å²) in [6.07, 6.45) is -1.28. The first kappa shape index (κ1) is 22.9. The lowest BCUT2D eigenvalue weighted by molar-refractivity contribution is 0.0258. The second-order valence-corrected chi connectivity index (χ2v) is 8.30. The SMILES string of the molecule is CC[C@H]1OC[C@@H](Oc2nc3c(F)c(-c4ccc(-c5ccc(C#N)cc5F)cc4)c(F)cc3[nH]2)[C@@H]1O. The maximum absolute atomic E-state index is 15.4. The van der Waals surface area contributed by atoms with Crippen molar-refractivity contribution in [1.82, 2.24) is 9.97 Å². The molecule has 1 saturated heterocycles. The predicted octanol–water partition coefficient (Wildman–Crippen LogP) is 5.10. The molecule has 1 fully saturated rings. The van der Waals surface area contributed by atoms with Gasteiger partial charge in [-0.2, -0.15) is 10.2 Å². The normalized spacial score (nSPS) is 19.7. The Balaban J connectivity index is 1.45. The third kappa shape index (κ3) is 4.11. The van der Waals surface area contributed by atoms with Gasteiger partial charge in [-0.25, -0.2) is 13.2 Å². The number of fused-ring (bicyclic) bond motifs is 1. The van der Waals surface area contributed by atoms with Crippen LogP contribution in [0.15, 0.2) is 48.5 Å². The second-order valence-electron chi connectivity index (χ2n) is 8.30. The molecule has 0 amide bonds. The zero-order valence-corrected chi connectivity index (χ0v) is 18.6. The topological polar surface area (TPSA) is 91.2 Å². The van der Waals surface area contributed by atoms with E-state index in [2.05, 4.69) is 9.97 Å². The van der Waals surface area contributed by atoms with Crippen molar-refractivity contribution in [1.29, 1.82) is 5.26 Å². The zero-order valence-electron chi connectivity index (χ0n) is 18.6. The Labute approximate surface area is 198 Å². The molecule has 178 valence electrons. The molecule has 1 aromatic heterocycles. The van der Waals surface area contributed by atoms with E-state index in [0.717, 1.165) is 12.1 Å². The molecular formula is C26H20F3N3O3. The second kappa shape index (κ2) is 9.06. The van der Waals surface area contributed by atoms with Crippen molar-refractivity contribution in [3.63, 3.8) is 0 Å². The fraction of sp³-hybridized carbons (Fsp3) is 0.231. The number of nitriles is 1. The number of imidazole rings is 1. The van der Waals surface area contributed by atoms with Gasteiger partial charge >= 0.3 is 0 Å². The van der Waals surface area contributed by atoms with Crippen LogP contribution in [0.2, 0.25) is 0 Å². The quantitative estimate of drug-likeness (QED) is 0.416. The maximum Gasteiger partial charge on any atom is 0.295 e. The Morgan fingerprint density at radius 1 is 1.11 bits per heavy atom. The number of hydrogen-bond acceptors (Lipinski definition) is 5. The third-order valence-corrected chi connectivity index (χ3v) is 6.13. The van der Waals surface area contributed by atoms with Gasteiger partial charge in [-0.3, -0.25) is 0 Å². The van der Waals surface area contributed by atoms with Crippen molar-refractivity contribution in [2.75, 3.05) is 6.61 Å². The van der Waals surface area contributed by atoms with Crippen LogP contribution in [-0.2, 0) is 4.74 Å². The van der Waals surface area contributed by atoms with Gasteiger partial charge in [0.15, 0.2) is 11.9 Å². The lowest BCUT2D eigenvalue weighted by Gasteiger charge is -2.15. The van der Waals surface area contributed by atoms with Gasteiger partial charge in [-0.15, -0.1) is 0 Å². The summed E-state index contributed by atoms with van der Waals surface area (Å²) in [6.45, 7) is 2.04. The van der Waals surface area contributed by atoms with Crippen LogP contribution in [0.4, 0.5) is 13.2 Å². The Hall–Kier alpha value is -3.87. The first-order chi connectivity index (χ1) is 16.9. The van der Waals surface area contributed by atoms with Crippen molar-refractivity contribution in [2.24, 2.45) is 0 Å². The van der Waals surface area contributed by atoms with Crippen LogP contribution in [0.3, 0.4) is 0 Å². The van der Waals surface area contributed by atoms with E-state index in [1.54, 1.807) is 12.1 Å². The summed E-state index contributed by atoms with van der Waals surface area (Å²) in [4.78, 5) is 6.86. The van der Waals surface area contributed by atoms with Gasteiger partial charge in [-0.05, 0) is 29.7 Å². The van der Waals surface area contributed by atoms with E-state index < -0.39 is 29.7 Å². The Morgan fingerprint density at radius 2 is 1.86 bits per heavy atom. The molecular weight excluding hydrogens is 459 g/mol. The molecule has 0 aliphatic carbocycles. The Bertz CT molecular complexity index is 1450. The highest BCUT2D eigenvalue weighted by atomic mass is 19.1. The van der Waals surface area contributed by atoms with Gasteiger partial charge in [0.05, 0.1) is 35.4 Å². The smallest absolute Gasteiger partial charge is 0.295 e. The van der Waals surface area contributed by atoms with Gasteiger partial charge in [-0.1, -0.05) is 37.3 Å². The van der Waals surface area contributed by atoms with E-state index in [4.69, 9.17) is 14.7 Å². The van der Waals surface area contributed by atoms with Gasteiger partial charge in [0.25, 0.3) is 6.01 Å². The van der Waals surface area contributed by atoms with E-state index in [1.165, 1.54) is 24.3 Å². The number of benzene rings is 3. The maximum atomic E-state index is 15.4. The van der Waals surface area contributed by atoms with Crippen molar-refractivity contribution in [2.45, 2.75) is 31.7 Å². The summed E-state index contributed by atoms with van der Waals surface area (Å²) in [5, 5.41) is 19.2. The van der Waals surface area contributed by atoms with E-state index >= 15 is 4.39 Å². The number of aliphatic hydroxyl groups is 1. The predicted molar refractivity (Wildman–Crippen MR) is 122 cm³/mol. The van der Waals surface area contributed by atoms with Crippen molar-refractivity contribution in [3.8, 4) is 34.3 Å². The summed E-state index contributed by atoms with van der Waals surface area (Å²) >= 11 is 0. The minimum atomic E-state index is -0.877. The zero-order chi connectivity index (χ0) is 24.7. The highest BCUT2D eigenvalue weighted by Gasteiger charge is 2.37. The summed E-state index contributed by atoms with van der Waals surface area (Å²) in [7, 11) is 0. The van der Waals surface area contributed by atoms with Crippen LogP contribution in [0.5, 0.6) is 6.01 Å². The number of rotatable bonds is 5. The molecule has 6 nitrogen and oxygen atoms in total.